The fourth-order valence-corrected chi connectivity index (χ4v) is 2.26. The van der Waals surface area contributed by atoms with Crippen molar-refractivity contribution in [3.63, 3.8) is 0 Å². The highest BCUT2D eigenvalue weighted by Gasteiger charge is 2.40. The number of rotatable bonds is 4. The summed E-state index contributed by atoms with van der Waals surface area (Å²) in [5, 5.41) is 3.39. The van der Waals surface area contributed by atoms with Gasteiger partial charge in [0.05, 0.1) is 0 Å². The second-order valence-corrected chi connectivity index (χ2v) is 5.31. The molecule has 0 saturated heterocycles. The molecule has 1 saturated carbocycles. The molecule has 1 fully saturated rings. The molecule has 0 aromatic carbocycles. The van der Waals surface area contributed by atoms with Crippen molar-refractivity contribution < 1.29 is 4.79 Å². The quantitative estimate of drug-likeness (QED) is 0.855. The summed E-state index contributed by atoms with van der Waals surface area (Å²) in [5.74, 6) is -0.143. The number of hydrogen-bond acceptors (Lipinski definition) is 2. The summed E-state index contributed by atoms with van der Waals surface area (Å²) in [6, 6.07) is 3.04. The molecular weight excluding hydrogens is 259 g/mol. The van der Waals surface area contributed by atoms with Crippen molar-refractivity contribution in [3.8, 4) is 0 Å². The summed E-state index contributed by atoms with van der Waals surface area (Å²) in [4.78, 5) is 15.7. The number of amides is 1. The Hall–Kier alpha value is -0.800. The number of pyridine rings is 1. The summed E-state index contributed by atoms with van der Waals surface area (Å²) in [7, 11) is 0. The van der Waals surface area contributed by atoms with Crippen LogP contribution < -0.4 is 5.32 Å². The van der Waals surface area contributed by atoms with Crippen LogP contribution in [0.15, 0.2) is 12.1 Å². The van der Waals surface area contributed by atoms with Gasteiger partial charge in [0.25, 0.3) is 5.91 Å². The second-order valence-electron chi connectivity index (χ2n) is 4.54. The SMILES string of the molecule is CCC1(CNC(=O)c2cc(Cl)nc(Cl)c2)CC1. The zero-order valence-corrected chi connectivity index (χ0v) is 11.1. The average Bonchev–Trinajstić information content (AvgIpc) is 3.05. The second kappa shape index (κ2) is 4.83. The fourth-order valence-electron chi connectivity index (χ4n) is 1.80. The topological polar surface area (TPSA) is 42.0 Å². The smallest absolute Gasteiger partial charge is 0.251 e. The number of nitrogens with zero attached hydrogens (tertiary/aromatic N) is 1. The summed E-state index contributed by atoms with van der Waals surface area (Å²) in [6.45, 7) is 2.87. The normalized spacial score (nSPS) is 16.6. The van der Waals surface area contributed by atoms with Crippen molar-refractivity contribution in [1.82, 2.24) is 10.3 Å². The van der Waals surface area contributed by atoms with Crippen LogP contribution in [0.25, 0.3) is 0 Å². The highest BCUT2D eigenvalue weighted by Crippen LogP contribution is 2.47. The summed E-state index contributed by atoms with van der Waals surface area (Å²) in [6.07, 6.45) is 3.49. The lowest BCUT2D eigenvalue weighted by atomic mass is 10.0. The van der Waals surface area contributed by atoms with E-state index in [0.29, 0.717) is 11.0 Å². The van der Waals surface area contributed by atoms with Crippen molar-refractivity contribution in [1.29, 1.82) is 0 Å². The zero-order chi connectivity index (χ0) is 12.5. The lowest BCUT2D eigenvalue weighted by Gasteiger charge is -2.13. The molecule has 92 valence electrons. The molecule has 0 spiro atoms. The third-order valence-electron chi connectivity index (χ3n) is 3.36. The molecule has 5 heteroatoms. The minimum atomic E-state index is -0.143. The van der Waals surface area contributed by atoms with Crippen LogP contribution >= 0.6 is 23.2 Å². The van der Waals surface area contributed by atoms with E-state index in [1.807, 2.05) is 0 Å². The zero-order valence-electron chi connectivity index (χ0n) is 9.59. The summed E-state index contributed by atoms with van der Waals surface area (Å²) in [5.41, 5.74) is 0.790. The van der Waals surface area contributed by atoms with Gasteiger partial charge in [-0.15, -0.1) is 0 Å². The third-order valence-corrected chi connectivity index (χ3v) is 3.74. The Bertz CT molecular complexity index is 424. The number of hydrogen-bond donors (Lipinski definition) is 1. The van der Waals surface area contributed by atoms with Crippen LogP contribution in [-0.2, 0) is 0 Å². The van der Waals surface area contributed by atoms with Gasteiger partial charge in [0, 0.05) is 12.1 Å². The molecule has 17 heavy (non-hydrogen) atoms. The van der Waals surface area contributed by atoms with Gasteiger partial charge in [0.2, 0.25) is 0 Å². The lowest BCUT2D eigenvalue weighted by Crippen LogP contribution is -2.30. The van der Waals surface area contributed by atoms with Gasteiger partial charge in [-0.25, -0.2) is 4.98 Å². The molecule has 1 amide bonds. The first-order valence-electron chi connectivity index (χ1n) is 5.66. The number of aromatic nitrogens is 1. The predicted molar refractivity (Wildman–Crippen MR) is 68.5 cm³/mol. The molecule has 0 radical (unpaired) electrons. The Morgan fingerprint density at radius 2 is 2.00 bits per heavy atom. The Balaban J connectivity index is 1.99. The van der Waals surface area contributed by atoms with Crippen molar-refractivity contribution in [2.45, 2.75) is 26.2 Å². The van der Waals surface area contributed by atoms with E-state index in [2.05, 4.69) is 17.2 Å². The summed E-state index contributed by atoms with van der Waals surface area (Å²) < 4.78 is 0. The number of halogens is 2. The van der Waals surface area contributed by atoms with Crippen molar-refractivity contribution in [3.05, 3.63) is 28.0 Å². The highest BCUT2D eigenvalue weighted by molar-refractivity contribution is 6.33. The Labute approximate surface area is 111 Å². The van der Waals surface area contributed by atoms with E-state index in [0.717, 1.165) is 13.0 Å². The molecule has 1 aromatic heterocycles. The van der Waals surface area contributed by atoms with Gasteiger partial charge in [-0.05, 0) is 36.8 Å². The van der Waals surface area contributed by atoms with Crippen LogP contribution in [0.4, 0.5) is 0 Å². The highest BCUT2D eigenvalue weighted by atomic mass is 35.5. The van der Waals surface area contributed by atoms with Gasteiger partial charge >= 0.3 is 0 Å². The summed E-state index contributed by atoms with van der Waals surface area (Å²) >= 11 is 11.5. The molecule has 1 N–H and O–H groups in total. The minimum Gasteiger partial charge on any atom is -0.351 e. The number of carbonyl (C=O) groups excluding carboxylic acids is 1. The van der Waals surface area contributed by atoms with Crippen LogP contribution in [0, 0.1) is 5.41 Å². The van der Waals surface area contributed by atoms with Crippen LogP contribution in [-0.4, -0.2) is 17.4 Å². The van der Waals surface area contributed by atoms with Crippen LogP contribution in [0.1, 0.15) is 36.5 Å². The van der Waals surface area contributed by atoms with E-state index >= 15 is 0 Å². The maximum absolute atomic E-state index is 11.9. The van der Waals surface area contributed by atoms with Gasteiger partial charge in [-0.2, -0.15) is 0 Å². The predicted octanol–water partition coefficient (Wildman–Crippen LogP) is 3.31. The molecule has 1 aliphatic rings. The van der Waals surface area contributed by atoms with Gasteiger partial charge in [0.15, 0.2) is 0 Å². The standard InChI is InChI=1S/C12H14Cl2N2O/c1-2-12(3-4-12)7-15-11(17)8-5-9(13)16-10(14)6-8/h5-6H,2-4,7H2,1H3,(H,15,17). The first kappa shape index (κ1) is 12.7. The van der Waals surface area contributed by atoms with Gasteiger partial charge in [-0.1, -0.05) is 30.1 Å². The minimum absolute atomic E-state index is 0.143. The van der Waals surface area contributed by atoms with E-state index in [4.69, 9.17) is 23.2 Å². The van der Waals surface area contributed by atoms with Crippen LogP contribution in [0.3, 0.4) is 0 Å². The van der Waals surface area contributed by atoms with Crippen LogP contribution in [0.2, 0.25) is 10.3 Å². The Morgan fingerprint density at radius 1 is 1.41 bits per heavy atom. The maximum atomic E-state index is 11.9. The molecule has 1 aliphatic carbocycles. The largest absolute Gasteiger partial charge is 0.351 e. The van der Waals surface area contributed by atoms with Gasteiger partial charge < -0.3 is 5.32 Å². The molecule has 0 unspecified atom stereocenters. The average molecular weight is 273 g/mol. The third kappa shape index (κ3) is 3.11. The van der Waals surface area contributed by atoms with Crippen LogP contribution in [0.5, 0.6) is 0 Å². The molecule has 1 heterocycles. The van der Waals surface area contributed by atoms with Crippen molar-refractivity contribution in [2.75, 3.05) is 6.54 Å². The first-order valence-corrected chi connectivity index (χ1v) is 6.41. The monoisotopic (exact) mass is 272 g/mol. The van der Waals surface area contributed by atoms with Crippen molar-refractivity contribution >= 4 is 29.1 Å². The Morgan fingerprint density at radius 3 is 2.47 bits per heavy atom. The van der Waals surface area contributed by atoms with Gasteiger partial charge in [-0.3, -0.25) is 4.79 Å². The van der Waals surface area contributed by atoms with E-state index in [1.165, 1.54) is 25.0 Å². The maximum Gasteiger partial charge on any atom is 0.251 e. The first-order chi connectivity index (χ1) is 8.04. The molecule has 3 nitrogen and oxygen atoms in total. The van der Waals surface area contributed by atoms with E-state index in [-0.39, 0.29) is 16.2 Å². The van der Waals surface area contributed by atoms with E-state index in [1.54, 1.807) is 0 Å². The molecular formula is C12H14Cl2N2O. The fraction of sp³-hybridized carbons (Fsp3) is 0.500. The Kier molecular flexibility index (Phi) is 3.59. The molecule has 1 aromatic rings. The molecule has 0 aliphatic heterocycles. The number of nitrogens with one attached hydrogen (secondary N) is 1. The molecule has 2 rings (SSSR count). The van der Waals surface area contributed by atoms with Gasteiger partial charge in [0.1, 0.15) is 10.3 Å². The lowest BCUT2D eigenvalue weighted by molar-refractivity contribution is 0.0944. The molecule has 0 atom stereocenters. The van der Waals surface area contributed by atoms with E-state index < -0.39 is 0 Å². The number of carbonyl (C=O) groups is 1. The van der Waals surface area contributed by atoms with Crippen molar-refractivity contribution in [2.24, 2.45) is 5.41 Å². The van der Waals surface area contributed by atoms with E-state index in [9.17, 15) is 4.79 Å². The molecule has 0 bridgehead atoms.